The van der Waals surface area contributed by atoms with Crippen molar-refractivity contribution in [3.63, 3.8) is 0 Å². The van der Waals surface area contributed by atoms with Gasteiger partial charge in [-0.2, -0.15) is 0 Å². The third kappa shape index (κ3) is 2.48. The van der Waals surface area contributed by atoms with E-state index in [1.807, 2.05) is 0 Å². The Morgan fingerprint density at radius 3 is 2.29 bits per heavy atom. The van der Waals surface area contributed by atoms with Crippen LogP contribution in [0.3, 0.4) is 0 Å². The second-order valence-electron chi connectivity index (χ2n) is 2.50. The zero-order valence-electron chi connectivity index (χ0n) is 7.51. The number of carbonyl (C=O) groups excluding carboxylic acids is 1. The molecule has 0 saturated carbocycles. The fourth-order valence-electron chi connectivity index (χ4n) is 0.894. The average Bonchev–Trinajstić information content (AvgIpc) is 2.15. The van der Waals surface area contributed by atoms with Crippen LogP contribution >= 0.6 is 0 Å². The molecule has 1 N–H and O–H groups in total. The number of para-hydroxylation sites is 1. The van der Waals surface area contributed by atoms with Crippen molar-refractivity contribution in [2.24, 2.45) is 0 Å². The molecule has 0 aliphatic heterocycles. The van der Waals surface area contributed by atoms with E-state index in [4.69, 9.17) is 5.11 Å². The molecule has 0 bridgehead atoms. The number of hydrogen-bond acceptors (Lipinski definition) is 3. The van der Waals surface area contributed by atoms with Crippen LogP contribution in [-0.4, -0.2) is 17.2 Å². The maximum Gasteiger partial charge on any atom is 0.445 e. The van der Waals surface area contributed by atoms with E-state index >= 15 is 0 Å². The van der Waals surface area contributed by atoms with E-state index in [2.05, 4.69) is 4.84 Å². The Hall–Kier alpha value is -2.04. The standard InChI is InChI=1S/C9H9NO4/c1-7(11)14-10(9(12)13)8-5-3-2-4-6-8/h2-6H,1H3,(H,12,13). The van der Waals surface area contributed by atoms with Crippen molar-refractivity contribution < 1.29 is 19.5 Å². The van der Waals surface area contributed by atoms with Crippen LogP contribution in [0.25, 0.3) is 0 Å². The molecule has 0 saturated heterocycles. The van der Waals surface area contributed by atoms with Gasteiger partial charge in [-0.3, -0.25) is 0 Å². The SMILES string of the molecule is CC(=O)ON(C(=O)O)c1ccccc1. The van der Waals surface area contributed by atoms with E-state index in [-0.39, 0.29) is 5.69 Å². The fraction of sp³-hybridized carbons (Fsp3) is 0.111. The van der Waals surface area contributed by atoms with Crippen molar-refractivity contribution in [1.82, 2.24) is 0 Å². The highest BCUT2D eigenvalue weighted by atomic mass is 16.7. The normalized spacial score (nSPS) is 9.21. The fourth-order valence-corrected chi connectivity index (χ4v) is 0.894. The molecule has 0 spiro atoms. The minimum Gasteiger partial charge on any atom is -0.463 e. The summed E-state index contributed by atoms with van der Waals surface area (Å²) in [6.07, 6.45) is -1.34. The Balaban J connectivity index is 2.89. The summed E-state index contributed by atoms with van der Waals surface area (Å²) in [5.74, 6) is -0.684. The number of benzene rings is 1. The lowest BCUT2D eigenvalue weighted by Crippen LogP contribution is -2.31. The van der Waals surface area contributed by atoms with E-state index in [1.165, 1.54) is 12.1 Å². The molecule has 14 heavy (non-hydrogen) atoms. The number of carboxylic acid groups (broad SMARTS) is 1. The zero-order valence-corrected chi connectivity index (χ0v) is 7.51. The molecule has 74 valence electrons. The topological polar surface area (TPSA) is 66.8 Å². The Morgan fingerprint density at radius 1 is 1.29 bits per heavy atom. The number of hydroxylamine groups is 1. The first-order chi connectivity index (χ1) is 6.61. The zero-order chi connectivity index (χ0) is 10.6. The lowest BCUT2D eigenvalue weighted by Gasteiger charge is -2.16. The summed E-state index contributed by atoms with van der Waals surface area (Å²) < 4.78 is 0. The Morgan fingerprint density at radius 2 is 1.86 bits per heavy atom. The van der Waals surface area contributed by atoms with Gasteiger partial charge >= 0.3 is 12.1 Å². The number of nitrogens with zero attached hydrogens (tertiary/aromatic N) is 1. The summed E-state index contributed by atoms with van der Waals surface area (Å²) in [5, 5.41) is 9.24. The lowest BCUT2D eigenvalue weighted by atomic mass is 10.3. The van der Waals surface area contributed by atoms with Gasteiger partial charge in [0.05, 0.1) is 5.69 Å². The Kier molecular flexibility index (Phi) is 3.06. The van der Waals surface area contributed by atoms with Crippen LogP contribution in [0.1, 0.15) is 6.92 Å². The first-order valence-corrected chi connectivity index (χ1v) is 3.88. The van der Waals surface area contributed by atoms with Crippen molar-refractivity contribution in [3.8, 4) is 0 Å². The summed E-state index contributed by atoms with van der Waals surface area (Å²) in [4.78, 5) is 25.8. The van der Waals surface area contributed by atoms with Gasteiger partial charge in [-0.1, -0.05) is 18.2 Å². The molecular formula is C9H9NO4. The van der Waals surface area contributed by atoms with Gasteiger partial charge in [0, 0.05) is 6.92 Å². The molecule has 5 heteroatoms. The number of carbonyl (C=O) groups is 2. The minimum atomic E-state index is -1.34. The minimum absolute atomic E-state index is 0.287. The molecule has 1 amide bonds. The van der Waals surface area contributed by atoms with Crippen LogP contribution in [0, 0.1) is 0 Å². The predicted molar refractivity (Wildman–Crippen MR) is 48.7 cm³/mol. The molecule has 1 aromatic carbocycles. The molecule has 0 aliphatic carbocycles. The predicted octanol–water partition coefficient (Wildman–Crippen LogP) is 1.65. The highest BCUT2D eigenvalue weighted by molar-refractivity contribution is 5.86. The molecule has 0 aliphatic rings. The van der Waals surface area contributed by atoms with Crippen LogP contribution in [0.2, 0.25) is 0 Å². The molecular weight excluding hydrogens is 186 g/mol. The lowest BCUT2D eigenvalue weighted by molar-refractivity contribution is -0.141. The molecule has 1 aromatic rings. The van der Waals surface area contributed by atoms with Gasteiger partial charge in [0.15, 0.2) is 0 Å². The van der Waals surface area contributed by atoms with Gasteiger partial charge in [-0.05, 0) is 12.1 Å². The number of rotatable bonds is 1. The summed E-state index contributed by atoms with van der Waals surface area (Å²) in [7, 11) is 0. The first kappa shape index (κ1) is 10.0. The summed E-state index contributed by atoms with van der Waals surface area (Å²) in [5.41, 5.74) is 0.287. The highest BCUT2D eigenvalue weighted by Crippen LogP contribution is 2.13. The monoisotopic (exact) mass is 195 g/mol. The van der Waals surface area contributed by atoms with Crippen molar-refractivity contribution >= 4 is 17.7 Å². The van der Waals surface area contributed by atoms with E-state index in [0.29, 0.717) is 5.06 Å². The van der Waals surface area contributed by atoms with Crippen molar-refractivity contribution in [1.29, 1.82) is 0 Å². The third-order valence-corrected chi connectivity index (χ3v) is 1.38. The van der Waals surface area contributed by atoms with Gasteiger partial charge < -0.3 is 9.94 Å². The number of amides is 1. The number of anilines is 1. The second-order valence-corrected chi connectivity index (χ2v) is 2.50. The van der Waals surface area contributed by atoms with E-state index in [0.717, 1.165) is 6.92 Å². The van der Waals surface area contributed by atoms with Gasteiger partial charge in [0.25, 0.3) is 0 Å². The van der Waals surface area contributed by atoms with E-state index < -0.39 is 12.1 Å². The molecule has 1 rings (SSSR count). The van der Waals surface area contributed by atoms with Crippen LogP contribution in [-0.2, 0) is 9.63 Å². The van der Waals surface area contributed by atoms with Crippen molar-refractivity contribution in [3.05, 3.63) is 30.3 Å². The Labute approximate surface area is 80.5 Å². The molecule has 0 heterocycles. The van der Waals surface area contributed by atoms with Crippen LogP contribution in [0.5, 0.6) is 0 Å². The van der Waals surface area contributed by atoms with Gasteiger partial charge in [0.1, 0.15) is 0 Å². The van der Waals surface area contributed by atoms with Crippen LogP contribution < -0.4 is 5.06 Å². The molecule has 5 nitrogen and oxygen atoms in total. The molecule has 0 aromatic heterocycles. The molecule has 0 fully saturated rings. The van der Waals surface area contributed by atoms with Gasteiger partial charge in [-0.15, -0.1) is 5.06 Å². The summed E-state index contributed by atoms with van der Waals surface area (Å²) in [6.45, 7) is 1.14. The maximum atomic E-state index is 10.7. The first-order valence-electron chi connectivity index (χ1n) is 3.88. The third-order valence-electron chi connectivity index (χ3n) is 1.38. The van der Waals surface area contributed by atoms with Crippen molar-refractivity contribution in [2.75, 3.05) is 5.06 Å². The van der Waals surface area contributed by atoms with Gasteiger partial charge in [-0.25, -0.2) is 9.59 Å². The van der Waals surface area contributed by atoms with Crippen LogP contribution in [0.4, 0.5) is 10.5 Å². The van der Waals surface area contributed by atoms with Crippen LogP contribution in [0.15, 0.2) is 30.3 Å². The van der Waals surface area contributed by atoms with Crippen molar-refractivity contribution in [2.45, 2.75) is 6.92 Å². The second kappa shape index (κ2) is 4.27. The quantitative estimate of drug-likeness (QED) is 0.692. The summed E-state index contributed by atoms with van der Waals surface area (Å²) >= 11 is 0. The number of hydrogen-bond donors (Lipinski definition) is 1. The van der Waals surface area contributed by atoms with E-state index in [1.54, 1.807) is 18.2 Å². The Bertz CT molecular complexity index is 336. The van der Waals surface area contributed by atoms with E-state index in [9.17, 15) is 9.59 Å². The van der Waals surface area contributed by atoms with Gasteiger partial charge in [0.2, 0.25) is 0 Å². The molecule has 0 radical (unpaired) electrons. The smallest absolute Gasteiger partial charge is 0.445 e. The maximum absolute atomic E-state index is 10.7. The molecule has 0 unspecified atom stereocenters. The molecule has 0 atom stereocenters. The highest BCUT2D eigenvalue weighted by Gasteiger charge is 2.17. The summed E-state index contributed by atoms with van der Waals surface area (Å²) in [6, 6.07) is 8.08. The largest absolute Gasteiger partial charge is 0.463 e. The average molecular weight is 195 g/mol.